The minimum absolute atomic E-state index is 0.787. The average Bonchev–Trinajstić information content (AvgIpc) is 2.24. The molecule has 0 amide bonds. The third kappa shape index (κ3) is 9.99. The van der Waals surface area contributed by atoms with Gasteiger partial charge in [-0.25, -0.2) is 0 Å². The van der Waals surface area contributed by atoms with E-state index in [0.29, 0.717) is 0 Å². The van der Waals surface area contributed by atoms with Crippen molar-refractivity contribution >= 4 is 0 Å². The molecule has 0 aromatic rings. The number of allylic oxidation sites excluding steroid dienone is 2. The molecule has 0 aromatic heterocycles. The van der Waals surface area contributed by atoms with Crippen LogP contribution in [-0.2, 0) is 4.74 Å². The maximum absolute atomic E-state index is 5.24. The molecule has 0 saturated carbocycles. The molecule has 1 atom stereocenters. The maximum Gasteiger partial charge on any atom is 0.0490 e. The van der Waals surface area contributed by atoms with Crippen LogP contribution in [0.3, 0.4) is 0 Å². The highest BCUT2D eigenvalue weighted by atomic mass is 16.5. The average molecular weight is 212 g/mol. The molecule has 0 radical (unpaired) electrons. The van der Waals surface area contributed by atoms with Crippen LogP contribution in [0.5, 0.6) is 0 Å². The second kappa shape index (κ2) is 11.8. The molecule has 1 nitrogen and oxygen atoms in total. The van der Waals surface area contributed by atoms with E-state index >= 15 is 0 Å². The van der Waals surface area contributed by atoms with Gasteiger partial charge in [-0.3, -0.25) is 0 Å². The van der Waals surface area contributed by atoms with Crippen LogP contribution < -0.4 is 0 Å². The third-order valence-electron chi connectivity index (χ3n) is 2.73. The Hall–Kier alpha value is -0.300. The summed E-state index contributed by atoms with van der Waals surface area (Å²) in [5.74, 6) is 0.787. The highest BCUT2D eigenvalue weighted by molar-refractivity contribution is 4.79. The molecule has 0 bridgehead atoms. The molecular formula is C14H28O. The van der Waals surface area contributed by atoms with E-state index in [1.165, 1.54) is 44.9 Å². The number of hydrogen-bond donors (Lipinski definition) is 0. The van der Waals surface area contributed by atoms with Gasteiger partial charge in [0.2, 0.25) is 0 Å². The quantitative estimate of drug-likeness (QED) is 0.380. The molecule has 0 aromatic carbocycles. The molecule has 1 heteroatoms. The number of methoxy groups -OCH3 is 1. The Kier molecular flexibility index (Phi) is 11.5. The van der Waals surface area contributed by atoms with E-state index in [1.54, 1.807) is 0 Å². The largest absolute Gasteiger partial charge is 0.384 e. The first kappa shape index (κ1) is 14.7. The zero-order chi connectivity index (χ0) is 11.4. The van der Waals surface area contributed by atoms with Gasteiger partial charge in [0, 0.05) is 13.7 Å². The summed E-state index contributed by atoms with van der Waals surface area (Å²) in [5.41, 5.74) is 0. The SMILES string of the molecule is CC/C=C/CCCCC(CCC)COC. The van der Waals surface area contributed by atoms with Crippen molar-refractivity contribution in [1.82, 2.24) is 0 Å². The van der Waals surface area contributed by atoms with E-state index < -0.39 is 0 Å². The van der Waals surface area contributed by atoms with Crippen LogP contribution in [0.1, 0.15) is 58.8 Å². The van der Waals surface area contributed by atoms with Crippen LogP contribution in [0.25, 0.3) is 0 Å². The van der Waals surface area contributed by atoms with Crippen molar-refractivity contribution in [2.45, 2.75) is 58.8 Å². The zero-order valence-electron chi connectivity index (χ0n) is 10.8. The van der Waals surface area contributed by atoms with Crippen LogP contribution in [0.4, 0.5) is 0 Å². The Labute approximate surface area is 95.9 Å². The predicted octanol–water partition coefficient (Wildman–Crippen LogP) is 4.58. The standard InChI is InChI=1S/C14H28O/c1-4-6-7-8-9-10-12-14(11-5-2)13-15-3/h6-7,14H,4-5,8-13H2,1-3H3/b7-6+. The van der Waals surface area contributed by atoms with Crippen molar-refractivity contribution in [3.8, 4) is 0 Å². The fourth-order valence-electron chi connectivity index (χ4n) is 1.93. The smallest absolute Gasteiger partial charge is 0.0490 e. The van der Waals surface area contributed by atoms with Crippen molar-refractivity contribution in [3.63, 3.8) is 0 Å². The summed E-state index contributed by atoms with van der Waals surface area (Å²) >= 11 is 0. The van der Waals surface area contributed by atoms with Crippen LogP contribution in [0, 0.1) is 5.92 Å². The molecule has 15 heavy (non-hydrogen) atoms. The van der Waals surface area contributed by atoms with Crippen LogP contribution in [0.2, 0.25) is 0 Å². The van der Waals surface area contributed by atoms with Gasteiger partial charge in [0.05, 0.1) is 0 Å². The normalized spacial score (nSPS) is 13.5. The zero-order valence-corrected chi connectivity index (χ0v) is 10.8. The monoisotopic (exact) mass is 212 g/mol. The molecule has 0 N–H and O–H groups in total. The molecule has 0 aliphatic heterocycles. The Morgan fingerprint density at radius 2 is 1.87 bits per heavy atom. The van der Waals surface area contributed by atoms with Crippen molar-refractivity contribution in [1.29, 1.82) is 0 Å². The Morgan fingerprint density at radius 3 is 2.47 bits per heavy atom. The molecule has 0 aliphatic carbocycles. The van der Waals surface area contributed by atoms with E-state index in [0.717, 1.165) is 12.5 Å². The number of unbranched alkanes of at least 4 members (excludes halogenated alkanes) is 2. The van der Waals surface area contributed by atoms with E-state index in [-0.39, 0.29) is 0 Å². The van der Waals surface area contributed by atoms with Gasteiger partial charge in [-0.15, -0.1) is 0 Å². The molecule has 0 rings (SSSR count). The molecule has 0 heterocycles. The second-order valence-corrected chi connectivity index (χ2v) is 4.27. The molecule has 1 unspecified atom stereocenters. The minimum atomic E-state index is 0.787. The molecule has 0 spiro atoms. The van der Waals surface area contributed by atoms with E-state index in [2.05, 4.69) is 26.0 Å². The maximum atomic E-state index is 5.24. The van der Waals surface area contributed by atoms with E-state index in [4.69, 9.17) is 4.74 Å². The summed E-state index contributed by atoms with van der Waals surface area (Å²) in [4.78, 5) is 0. The highest BCUT2D eigenvalue weighted by Gasteiger charge is 2.06. The lowest BCUT2D eigenvalue weighted by molar-refractivity contribution is 0.141. The Morgan fingerprint density at radius 1 is 1.07 bits per heavy atom. The van der Waals surface area contributed by atoms with Gasteiger partial charge in [-0.05, 0) is 38.0 Å². The summed E-state index contributed by atoms with van der Waals surface area (Å²) in [7, 11) is 1.81. The first-order valence-electron chi connectivity index (χ1n) is 6.49. The fraction of sp³-hybridized carbons (Fsp3) is 0.857. The van der Waals surface area contributed by atoms with Crippen LogP contribution >= 0.6 is 0 Å². The number of rotatable bonds is 10. The van der Waals surface area contributed by atoms with E-state index in [1.807, 2.05) is 7.11 Å². The van der Waals surface area contributed by atoms with Gasteiger partial charge in [-0.2, -0.15) is 0 Å². The first-order valence-corrected chi connectivity index (χ1v) is 6.49. The molecule has 0 aliphatic rings. The number of ether oxygens (including phenoxy) is 1. The summed E-state index contributed by atoms with van der Waals surface area (Å²) in [5, 5.41) is 0. The lowest BCUT2D eigenvalue weighted by Gasteiger charge is -2.14. The van der Waals surface area contributed by atoms with E-state index in [9.17, 15) is 0 Å². The minimum Gasteiger partial charge on any atom is -0.384 e. The van der Waals surface area contributed by atoms with Crippen molar-refractivity contribution in [3.05, 3.63) is 12.2 Å². The van der Waals surface area contributed by atoms with Gasteiger partial charge < -0.3 is 4.74 Å². The molecule has 0 fully saturated rings. The molecule has 0 saturated heterocycles. The summed E-state index contributed by atoms with van der Waals surface area (Å²) < 4.78 is 5.24. The van der Waals surface area contributed by atoms with Gasteiger partial charge in [0.15, 0.2) is 0 Å². The van der Waals surface area contributed by atoms with Gasteiger partial charge >= 0.3 is 0 Å². The summed E-state index contributed by atoms with van der Waals surface area (Å²) in [6, 6.07) is 0. The van der Waals surface area contributed by atoms with Gasteiger partial charge in [-0.1, -0.05) is 38.8 Å². The van der Waals surface area contributed by atoms with Crippen molar-refractivity contribution < 1.29 is 4.74 Å². The second-order valence-electron chi connectivity index (χ2n) is 4.27. The molecular weight excluding hydrogens is 184 g/mol. The topological polar surface area (TPSA) is 9.23 Å². The Bertz CT molecular complexity index is 134. The third-order valence-corrected chi connectivity index (χ3v) is 2.73. The molecule has 90 valence electrons. The Balaban J connectivity index is 3.39. The van der Waals surface area contributed by atoms with Crippen molar-refractivity contribution in [2.24, 2.45) is 5.92 Å². The lowest BCUT2D eigenvalue weighted by atomic mass is 9.97. The summed E-state index contributed by atoms with van der Waals surface area (Å²) in [6.45, 7) is 5.39. The van der Waals surface area contributed by atoms with Gasteiger partial charge in [0.25, 0.3) is 0 Å². The highest BCUT2D eigenvalue weighted by Crippen LogP contribution is 2.16. The fourth-order valence-corrected chi connectivity index (χ4v) is 1.93. The summed E-state index contributed by atoms with van der Waals surface area (Å²) in [6.07, 6.45) is 13.6. The van der Waals surface area contributed by atoms with Crippen LogP contribution in [-0.4, -0.2) is 13.7 Å². The van der Waals surface area contributed by atoms with Gasteiger partial charge in [0.1, 0.15) is 0 Å². The lowest BCUT2D eigenvalue weighted by Crippen LogP contribution is -2.07. The first-order chi connectivity index (χ1) is 7.35. The predicted molar refractivity (Wildman–Crippen MR) is 68.2 cm³/mol. The number of hydrogen-bond acceptors (Lipinski definition) is 1. The van der Waals surface area contributed by atoms with Crippen LogP contribution in [0.15, 0.2) is 12.2 Å². The van der Waals surface area contributed by atoms with Crippen molar-refractivity contribution in [2.75, 3.05) is 13.7 Å².